The standard InChI is InChI=1S/C17H30ClNO/c1-2-3-5-14-8-10-15(11-9-14)17(20)19(13-12-18)16-6-4-7-16/h14-16H,2-13H2,1H3. The maximum absolute atomic E-state index is 12.7. The van der Waals surface area contributed by atoms with Crippen LogP contribution in [0.15, 0.2) is 0 Å². The molecule has 2 saturated carbocycles. The maximum atomic E-state index is 12.7. The highest BCUT2D eigenvalue weighted by Crippen LogP contribution is 2.34. The number of amides is 1. The van der Waals surface area contributed by atoms with E-state index in [1.807, 2.05) is 0 Å². The largest absolute Gasteiger partial charge is 0.338 e. The Morgan fingerprint density at radius 1 is 1.15 bits per heavy atom. The highest BCUT2D eigenvalue weighted by atomic mass is 35.5. The zero-order valence-corrected chi connectivity index (χ0v) is 13.7. The molecule has 0 aromatic carbocycles. The van der Waals surface area contributed by atoms with Crippen LogP contribution >= 0.6 is 11.6 Å². The first kappa shape index (κ1) is 16.1. The van der Waals surface area contributed by atoms with Gasteiger partial charge in [-0.15, -0.1) is 11.6 Å². The fourth-order valence-electron chi connectivity index (χ4n) is 3.69. The average molecular weight is 300 g/mol. The zero-order valence-electron chi connectivity index (χ0n) is 13.0. The van der Waals surface area contributed by atoms with Crippen LogP contribution in [-0.2, 0) is 4.79 Å². The molecule has 0 aliphatic heterocycles. The number of alkyl halides is 1. The minimum absolute atomic E-state index is 0.289. The van der Waals surface area contributed by atoms with E-state index in [0.29, 0.717) is 17.8 Å². The second-order valence-electron chi connectivity index (χ2n) is 6.67. The monoisotopic (exact) mass is 299 g/mol. The molecule has 2 aliphatic rings. The van der Waals surface area contributed by atoms with Crippen LogP contribution in [0.5, 0.6) is 0 Å². The molecule has 0 heterocycles. The van der Waals surface area contributed by atoms with Crippen LogP contribution < -0.4 is 0 Å². The Balaban J connectivity index is 1.80. The fraction of sp³-hybridized carbons (Fsp3) is 0.941. The summed E-state index contributed by atoms with van der Waals surface area (Å²) in [6.45, 7) is 3.01. The molecule has 1 amide bonds. The van der Waals surface area contributed by atoms with Crippen molar-refractivity contribution in [3.05, 3.63) is 0 Å². The molecule has 0 saturated heterocycles. The van der Waals surface area contributed by atoms with Gasteiger partial charge in [0.1, 0.15) is 0 Å². The molecule has 0 spiro atoms. The van der Waals surface area contributed by atoms with Crippen LogP contribution in [0.4, 0.5) is 0 Å². The first-order chi connectivity index (χ1) is 9.76. The first-order valence-corrected chi connectivity index (χ1v) is 9.16. The summed E-state index contributed by atoms with van der Waals surface area (Å²) in [7, 11) is 0. The van der Waals surface area contributed by atoms with Crippen LogP contribution in [0.1, 0.15) is 71.1 Å². The number of unbranched alkanes of at least 4 members (excludes halogenated alkanes) is 1. The van der Waals surface area contributed by atoms with E-state index >= 15 is 0 Å². The first-order valence-electron chi connectivity index (χ1n) is 8.62. The summed E-state index contributed by atoms with van der Waals surface area (Å²) in [5.74, 6) is 2.15. The van der Waals surface area contributed by atoms with Crippen LogP contribution in [0, 0.1) is 11.8 Å². The predicted octanol–water partition coefficient (Wildman–Crippen LogP) is 4.60. The van der Waals surface area contributed by atoms with E-state index in [2.05, 4.69) is 11.8 Å². The molecule has 0 unspecified atom stereocenters. The Hall–Kier alpha value is -0.240. The third-order valence-corrected chi connectivity index (χ3v) is 5.45. The lowest BCUT2D eigenvalue weighted by Gasteiger charge is -2.40. The third-order valence-electron chi connectivity index (χ3n) is 5.29. The topological polar surface area (TPSA) is 20.3 Å². The maximum Gasteiger partial charge on any atom is 0.225 e. The average Bonchev–Trinajstić information content (AvgIpc) is 2.42. The summed E-state index contributed by atoms with van der Waals surface area (Å²) in [4.78, 5) is 14.8. The van der Waals surface area contributed by atoms with Crippen molar-refractivity contribution in [1.29, 1.82) is 0 Å². The summed E-state index contributed by atoms with van der Waals surface area (Å²) in [6, 6.07) is 0.499. The molecule has 0 N–H and O–H groups in total. The Morgan fingerprint density at radius 3 is 2.35 bits per heavy atom. The zero-order chi connectivity index (χ0) is 14.4. The molecule has 20 heavy (non-hydrogen) atoms. The molecule has 0 aromatic heterocycles. The Morgan fingerprint density at radius 2 is 1.85 bits per heavy atom. The molecule has 2 fully saturated rings. The molecular weight excluding hydrogens is 270 g/mol. The van der Waals surface area contributed by atoms with Crippen LogP contribution in [-0.4, -0.2) is 29.3 Å². The summed E-state index contributed by atoms with van der Waals surface area (Å²) in [6.07, 6.45) is 12.4. The minimum atomic E-state index is 0.289. The van der Waals surface area contributed by atoms with Crippen molar-refractivity contribution in [2.24, 2.45) is 11.8 Å². The van der Waals surface area contributed by atoms with E-state index in [4.69, 9.17) is 11.6 Å². The van der Waals surface area contributed by atoms with Crippen molar-refractivity contribution in [2.75, 3.05) is 12.4 Å². The second kappa shape index (κ2) is 8.26. The van der Waals surface area contributed by atoms with Gasteiger partial charge in [0.25, 0.3) is 0 Å². The van der Waals surface area contributed by atoms with E-state index in [-0.39, 0.29) is 5.92 Å². The number of carbonyl (C=O) groups is 1. The third kappa shape index (κ3) is 4.13. The van der Waals surface area contributed by atoms with Gasteiger partial charge in [0.05, 0.1) is 0 Å². The molecule has 116 valence electrons. The molecule has 2 aliphatic carbocycles. The lowest BCUT2D eigenvalue weighted by molar-refractivity contribution is -0.140. The molecule has 2 rings (SSSR count). The molecule has 0 atom stereocenters. The van der Waals surface area contributed by atoms with E-state index in [1.54, 1.807) is 0 Å². The summed E-state index contributed by atoms with van der Waals surface area (Å²) in [5, 5.41) is 0. The second-order valence-corrected chi connectivity index (χ2v) is 7.04. The van der Waals surface area contributed by atoms with Crippen molar-refractivity contribution in [2.45, 2.75) is 77.2 Å². The van der Waals surface area contributed by atoms with Crippen LogP contribution in [0.2, 0.25) is 0 Å². The van der Waals surface area contributed by atoms with Gasteiger partial charge in [-0.05, 0) is 50.9 Å². The number of hydrogen-bond acceptors (Lipinski definition) is 1. The number of hydrogen-bond donors (Lipinski definition) is 0. The predicted molar refractivity (Wildman–Crippen MR) is 85.0 cm³/mol. The van der Waals surface area contributed by atoms with Gasteiger partial charge in [0, 0.05) is 24.4 Å². The highest BCUT2D eigenvalue weighted by Gasteiger charge is 2.34. The van der Waals surface area contributed by atoms with Crippen molar-refractivity contribution in [1.82, 2.24) is 4.90 Å². The van der Waals surface area contributed by atoms with Gasteiger partial charge in [0.15, 0.2) is 0 Å². The molecular formula is C17H30ClNO. The highest BCUT2D eigenvalue weighted by molar-refractivity contribution is 6.18. The summed E-state index contributed by atoms with van der Waals surface area (Å²) >= 11 is 5.89. The fourth-order valence-corrected chi connectivity index (χ4v) is 3.87. The Kier molecular flexibility index (Phi) is 6.67. The lowest BCUT2D eigenvalue weighted by Crippen LogP contribution is -2.48. The van der Waals surface area contributed by atoms with Gasteiger partial charge >= 0.3 is 0 Å². The van der Waals surface area contributed by atoms with Gasteiger partial charge in [-0.25, -0.2) is 0 Å². The number of halogens is 1. The van der Waals surface area contributed by atoms with E-state index < -0.39 is 0 Å². The molecule has 0 bridgehead atoms. The SMILES string of the molecule is CCCCC1CCC(C(=O)N(CCCl)C2CCC2)CC1. The van der Waals surface area contributed by atoms with Gasteiger partial charge in [-0.1, -0.05) is 26.2 Å². The summed E-state index contributed by atoms with van der Waals surface area (Å²) in [5.41, 5.74) is 0. The van der Waals surface area contributed by atoms with Gasteiger partial charge in [-0.3, -0.25) is 4.79 Å². The van der Waals surface area contributed by atoms with Crippen molar-refractivity contribution in [3.63, 3.8) is 0 Å². The number of carbonyl (C=O) groups excluding carboxylic acids is 1. The van der Waals surface area contributed by atoms with Crippen molar-refractivity contribution < 1.29 is 4.79 Å². The normalized spacial score (nSPS) is 27.1. The van der Waals surface area contributed by atoms with Gasteiger partial charge in [-0.2, -0.15) is 0 Å². The van der Waals surface area contributed by atoms with Gasteiger partial charge in [0.2, 0.25) is 5.91 Å². The molecule has 3 heteroatoms. The molecule has 0 aromatic rings. The molecule has 0 radical (unpaired) electrons. The number of nitrogens with zero attached hydrogens (tertiary/aromatic N) is 1. The van der Waals surface area contributed by atoms with Crippen LogP contribution in [0.25, 0.3) is 0 Å². The number of rotatable bonds is 7. The lowest BCUT2D eigenvalue weighted by atomic mass is 9.78. The Bertz CT molecular complexity index is 295. The van der Waals surface area contributed by atoms with E-state index in [1.165, 1.54) is 51.4 Å². The molecule has 2 nitrogen and oxygen atoms in total. The van der Waals surface area contributed by atoms with Crippen molar-refractivity contribution >= 4 is 17.5 Å². The quantitative estimate of drug-likeness (QED) is 0.629. The Labute approximate surface area is 129 Å². The van der Waals surface area contributed by atoms with Gasteiger partial charge < -0.3 is 4.90 Å². The summed E-state index contributed by atoms with van der Waals surface area (Å²) < 4.78 is 0. The van der Waals surface area contributed by atoms with E-state index in [9.17, 15) is 4.79 Å². The minimum Gasteiger partial charge on any atom is -0.338 e. The smallest absolute Gasteiger partial charge is 0.225 e. The van der Waals surface area contributed by atoms with Crippen LogP contribution in [0.3, 0.4) is 0 Å². The van der Waals surface area contributed by atoms with E-state index in [0.717, 1.165) is 25.3 Å². The van der Waals surface area contributed by atoms with Crippen molar-refractivity contribution in [3.8, 4) is 0 Å².